The number of rotatable bonds is 3. The van der Waals surface area contributed by atoms with Crippen LogP contribution >= 0.6 is 23.2 Å². The number of hydrogen-bond acceptors (Lipinski definition) is 3. The molecule has 0 unspecified atom stereocenters. The number of hydrogen-bond donors (Lipinski definition) is 1. The third-order valence-corrected chi connectivity index (χ3v) is 2.88. The van der Waals surface area contributed by atoms with Crippen LogP contribution in [0.25, 0.3) is 0 Å². The van der Waals surface area contributed by atoms with Gasteiger partial charge in [0.2, 0.25) is 5.78 Å². The number of Topliss-reactive ketones (excluding diaryl/α,β-unsaturated/α-hetero) is 1. The van der Waals surface area contributed by atoms with Crippen molar-refractivity contribution in [3.8, 4) is 0 Å². The number of aromatic nitrogens is 3. The Balaban J connectivity index is 2.29. The van der Waals surface area contributed by atoms with Gasteiger partial charge in [-0.2, -0.15) is 5.10 Å². The third-order valence-electron chi connectivity index (χ3n) is 2.13. The van der Waals surface area contributed by atoms with Crippen LogP contribution in [-0.2, 0) is 6.54 Å². The van der Waals surface area contributed by atoms with Crippen molar-refractivity contribution in [3.05, 3.63) is 50.6 Å². The molecule has 1 N–H and O–H groups in total. The van der Waals surface area contributed by atoms with Gasteiger partial charge < -0.3 is 4.98 Å². The molecule has 17 heavy (non-hydrogen) atoms. The Hall–Kier alpha value is -1.59. The van der Waals surface area contributed by atoms with Crippen molar-refractivity contribution in [1.82, 2.24) is 14.8 Å². The van der Waals surface area contributed by atoms with Gasteiger partial charge in [-0.15, -0.1) is 0 Å². The van der Waals surface area contributed by atoms with E-state index in [-0.39, 0.29) is 22.4 Å². The first-order valence-corrected chi connectivity index (χ1v) is 5.43. The molecule has 2 rings (SSSR count). The number of ketones is 1. The lowest BCUT2D eigenvalue weighted by Gasteiger charge is -2.03. The maximum Gasteiger partial charge on any atom is 0.287 e. The summed E-state index contributed by atoms with van der Waals surface area (Å²) >= 11 is 11.3. The molecule has 0 saturated heterocycles. The topological polar surface area (TPSA) is 67.8 Å². The standard InChI is InChI=1S/C10H7Cl2N3O2/c11-6-4-14-15(10(17)9(6)12)5-8(16)7-2-1-3-13-7/h1-4,13H,5H2. The summed E-state index contributed by atoms with van der Waals surface area (Å²) in [4.78, 5) is 26.1. The first-order chi connectivity index (χ1) is 8.09. The van der Waals surface area contributed by atoms with Crippen LogP contribution in [0, 0.1) is 0 Å². The molecule has 2 aromatic heterocycles. The fraction of sp³-hybridized carbons (Fsp3) is 0.100. The molecule has 0 aromatic carbocycles. The van der Waals surface area contributed by atoms with E-state index in [2.05, 4.69) is 10.1 Å². The molecule has 0 saturated carbocycles. The van der Waals surface area contributed by atoms with Crippen LogP contribution in [0.5, 0.6) is 0 Å². The minimum atomic E-state index is -0.584. The number of carbonyl (C=O) groups excluding carboxylic acids is 1. The quantitative estimate of drug-likeness (QED) is 0.865. The Morgan fingerprint density at radius 3 is 2.88 bits per heavy atom. The van der Waals surface area contributed by atoms with E-state index in [4.69, 9.17) is 23.2 Å². The van der Waals surface area contributed by atoms with E-state index in [0.29, 0.717) is 5.69 Å². The zero-order valence-corrected chi connectivity index (χ0v) is 10.00. The molecule has 0 aliphatic heterocycles. The zero-order valence-electron chi connectivity index (χ0n) is 8.48. The van der Waals surface area contributed by atoms with E-state index in [1.165, 1.54) is 6.20 Å². The van der Waals surface area contributed by atoms with Gasteiger partial charge >= 0.3 is 0 Å². The second-order valence-corrected chi connectivity index (χ2v) is 4.06. The maximum atomic E-state index is 11.7. The molecule has 0 aliphatic rings. The van der Waals surface area contributed by atoms with Gasteiger partial charge in [-0.05, 0) is 12.1 Å². The molecule has 0 bridgehead atoms. The second kappa shape index (κ2) is 4.73. The summed E-state index contributed by atoms with van der Waals surface area (Å²) in [6, 6.07) is 3.31. The van der Waals surface area contributed by atoms with E-state index in [1.54, 1.807) is 18.3 Å². The first kappa shape index (κ1) is 11.9. The van der Waals surface area contributed by atoms with Crippen molar-refractivity contribution in [3.63, 3.8) is 0 Å². The van der Waals surface area contributed by atoms with Gasteiger partial charge in [0.15, 0.2) is 0 Å². The van der Waals surface area contributed by atoms with E-state index in [9.17, 15) is 9.59 Å². The molecule has 7 heteroatoms. The van der Waals surface area contributed by atoms with Crippen molar-refractivity contribution < 1.29 is 4.79 Å². The van der Waals surface area contributed by atoms with Crippen LogP contribution in [0.1, 0.15) is 10.5 Å². The average molecular weight is 272 g/mol. The number of aromatic amines is 1. The second-order valence-electron chi connectivity index (χ2n) is 3.28. The van der Waals surface area contributed by atoms with Crippen LogP contribution in [0.4, 0.5) is 0 Å². The highest BCUT2D eigenvalue weighted by Gasteiger charge is 2.12. The van der Waals surface area contributed by atoms with E-state index >= 15 is 0 Å². The molecule has 0 radical (unpaired) electrons. The molecule has 0 aliphatic carbocycles. The first-order valence-electron chi connectivity index (χ1n) is 4.67. The van der Waals surface area contributed by atoms with E-state index in [1.807, 2.05) is 0 Å². The van der Waals surface area contributed by atoms with Crippen LogP contribution in [0.3, 0.4) is 0 Å². The number of carbonyl (C=O) groups is 1. The Morgan fingerprint density at radius 1 is 1.47 bits per heavy atom. The summed E-state index contributed by atoms with van der Waals surface area (Å²) in [6.45, 7) is -0.184. The maximum absolute atomic E-state index is 11.7. The average Bonchev–Trinajstić information content (AvgIpc) is 2.83. The molecule has 5 nitrogen and oxygen atoms in total. The van der Waals surface area contributed by atoms with Gasteiger partial charge in [0, 0.05) is 6.20 Å². The zero-order chi connectivity index (χ0) is 12.4. The normalized spacial score (nSPS) is 10.5. The SMILES string of the molecule is O=C(Cn1ncc(Cl)c(Cl)c1=O)c1ccc[nH]1. The lowest BCUT2D eigenvalue weighted by molar-refractivity contribution is 0.0961. The smallest absolute Gasteiger partial charge is 0.287 e. The van der Waals surface area contributed by atoms with Gasteiger partial charge in [-0.1, -0.05) is 23.2 Å². The monoisotopic (exact) mass is 271 g/mol. The summed E-state index contributed by atoms with van der Waals surface area (Å²) in [6.07, 6.45) is 2.85. The molecule has 0 atom stereocenters. The molecule has 2 aromatic rings. The van der Waals surface area contributed by atoms with Gasteiger partial charge in [-0.3, -0.25) is 9.59 Å². The highest BCUT2D eigenvalue weighted by atomic mass is 35.5. The van der Waals surface area contributed by atoms with Crippen molar-refractivity contribution in [2.45, 2.75) is 6.54 Å². The van der Waals surface area contributed by atoms with Crippen LogP contribution < -0.4 is 5.56 Å². The Labute approximate surface area is 106 Å². The van der Waals surface area contributed by atoms with Crippen molar-refractivity contribution in [2.75, 3.05) is 0 Å². The van der Waals surface area contributed by atoms with Crippen molar-refractivity contribution in [1.29, 1.82) is 0 Å². The van der Waals surface area contributed by atoms with Crippen LogP contribution in [-0.4, -0.2) is 20.5 Å². The van der Waals surface area contributed by atoms with E-state index in [0.717, 1.165) is 4.68 Å². The highest BCUT2D eigenvalue weighted by Crippen LogP contribution is 2.14. The van der Waals surface area contributed by atoms with Crippen molar-refractivity contribution in [2.24, 2.45) is 0 Å². The molecule has 0 amide bonds. The number of nitrogens with one attached hydrogen (secondary N) is 1. The molecular weight excluding hydrogens is 265 g/mol. The lowest BCUT2D eigenvalue weighted by atomic mass is 10.3. The molecular formula is C10H7Cl2N3O2. The number of nitrogens with zero attached hydrogens (tertiary/aromatic N) is 2. The minimum Gasteiger partial charge on any atom is -0.359 e. The highest BCUT2D eigenvalue weighted by molar-refractivity contribution is 6.41. The molecule has 88 valence electrons. The molecule has 0 fully saturated rings. The van der Waals surface area contributed by atoms with Crippen LogP contribution in [0.15, 0.2) is 29.3 Å². The summed E-state index contributed by atoms with van der Waals surface area (Å²) < 4.78 is 0.970. The molecule has 0 spiro atoms. The fourth-order valence-electron chi connectivity index (χ4n) is 1.28. The van der Waals surface area contributed by atoms with E-state index < -0.39 is 5.56 Å². The Kier molecular flexibility index (Phi) is 3.31. The predicted molar refractivity (Wildman–Crippen MR) is 63.6 cm³/mol. The summed E-state index contributed by atoms with van der Waals surface area (Å²) in [5.74, 6) is -0.261. The third kappa shape index (κ3) is 2.40. The summed E-state index contributed by atoms with van der Waals surface area (Å²) in [5.41, 5.74) is -0.177. The minimum absolute atomic E-state index is 0.0697. The van der Waals surface area contributed by atoms with Crippen molar-refractivity contribution >= 4 is 29.0 Å². The lowest BCUT2D eigenvalue weighted by Crippen LogP contribution is -2.27. The largest absolute Gasteiger partial charge is 0.359 e. The summed E-state index contributed by atoms with van der Waals surface area (Å²) in [5, 5.41) is 3.67. The van der Waals surface area contributed by atoms with Gasteiger partial charge in [0.25, 0.3) is 5.56 Å². The summed E-state index contributed by atoms with van der Waals surface area (Å²) in [7, 11) is 0. The molecule has 2 heterocycles. The number of halogens is 2. The fourth-order valence-corrected chi connectivity index (χ4v) is 1.55. The van der Waals surface area contributed by atoms with Gasteiger partial charge in [-0.25, -0.2) is 4.68 Å². The van der Waals surface area contributed by atoms with Gasteiger partial charge in [0.1, 0.15) is 11.6 Å². The Morgan fingerprint density at radius 2 is 2.24 bits per heavy atom. The van der Waals surface area contributed by atoms with Gasteiger partial charge in [0.05, 0.1) is 16.9 Å². The number of H-pyrrole nitrogens is 1. The van der Waals surface area contributed by atoms with Crippen LogP contribution in [0.2, 0.25) is 10.0 Å². The Bertz CT molecular complexity index is 605. The predicted octanol–water partition coefficient (Wildman–Crippen LogP) is 1.76.